The molecule has 1 unspecified atom stereocenters. The number of nitrogens with zero attached hydrogens (tertiary/aromatic N) is 2. The molecule has 5 heteroatoms. The topological polar surface area (TPSA) is 42.0 Å². The van der Waals surface area contributed by atoms with E-state index in [9.17, 15) is 4.79 Å². The van der Waals surface area contributed by atoms with E-state index in [4.69, 9.17) is 9.47 Å². The molecule has 2 aliphatic heterocycles. The van der Waals surface area contributed by atoms with Gasteiger partial charge in [0.2, 0.25) is 0 Å². The van der Waals surface area contributed by atoms with Gasteiger partial charge in [-0.3, -0.25) is 9.69 Å². The molecule has 1 atom stereocenters. The van der Waals surface area contributed by atoms with Gasteiger partial charge >= 0.3 is 0 Å². The standard InChI is InChI=1S/C19H26N2O3/c1-15-6-7-16(13-18(15)23-2)19(22)21-10-8-20(9-11-21)14-17-5-3-4-12-24-17/h4,6-7,12-13,17H,3,5,8-11,14H2,1-2H3. The number of ether oxygens (including phenoxy) is 2. The maximum Gasteiger partial charge on any atom is 0.254 e. The monoisotopic (exact) mass is 330 g/mol. The fraction of sp³-hybridized carbons (Fsp3) is 0.526. The summed E-state index contributed by atoms with van der Waals surface area (Å²) in [5.41, 5.74) is 1.74. The Balaban J connectivity index is 1.54. The largest absolute Gasteiger partial charge is 0.497 e. The van der Waals surface area contributed by atoms with Crippen LogP contribution in [0.5, 0.6) is 5.75 Å². The number of methoxy groups -OCH3 is 1. The number of amides is 1. The van der Waals surface area contributed by atoms with E-state index in [1.165, 1.54) is 0 Å². The molecule has 2 aliphatic rings. The third kappa shape index (κ3) is 3.90. The molecule has 0 radical (unpaired) electrons. The molecule has 1 aromatic carbocycles. The molecule has 130 valence electrons. The zero-order valence-corrected chi connectivity index (χ0v) is 14.5. The van der Waals surface area contributed by atoms with Gasteiger partial charge in [0.1, 0.15) is 11.9 Å². The molecular weight excluding hydrogens is 304 g/mol. The summed E-state index contributed by atoms with van der Waals surface area (Å²) >= 11 is 0. The first-order chi connectivity index (χ1) is 11.7. The lowest BCUT2D eigenvalue weighted by atomic mass is 10.1. The minimum atomic E-state index is 0.0878. The highest BCUT2D eigenvalue weighted by atomic mass is 16.5. The van der Waals surface area contributed by atoms with Crippen molar-refractivity contribution in [2.24, 2.45) is 0 Å². The number of allylic oxidation sites excluding steroid dienone is 1. The summed E-state index contributed by atoms with van der Waals surface area (Å²) in [6.07, 6.45) is 6.36. The third-order valence-electron chi connectivity index (χ3n) is 4.80. The van der Waals surface area contributed by atoms with Crippen molar-refractivity contribution in [2.75, 3.05) is 39.8 Å². The lowest BCUT2D eigenvalue weighted by Gasteiger charge is -2.36. The van der Waals surface area contributed by atoms with Gasteiger partial charge in [0.05, 0.1) is 13.4 Å². The summed E-state index contributed by atoms with van der Waals surface area (Å²) < 4.78 is 11.0. The minimum Gasteiger partial charge on any atom is -0.497 e. The van der Waals surface area contributed by atoms with E-state index in [-0.39, 0.29) is 5.91 Å². The number of aryl methyl sites for hydroxylation is 1. The molecule has 0 spiro atoms. The van der Waals surface area contributed by atoms with Crippen LogP contribution >= 0.6 is 0 Å². The lowest BCUT2D eigenvalue weighted by Crippen LogP contribution is -2.50. The Morgan fingerprint density at radius 3 is 2.75 bits per heavy atom. The molecule has 0 aromatic heterocycles. The van der Waals surface area contributed by atoms with Gasteiger partial charge < -0.3 is 14.4 Å². The number of carbonyl (C=O) groups is 1. The van der Waals surface area contributed by atoms with Crippen LogP contribution in [0.4, 0.5) is 0 Å². The molecule has 1 saturated heterocycles. The predicted molar refractivity (Wildman–Crippen MR) is 93.3 cm³/mol. The number of piperazine rings is 1. The predicted octanol–water partition coefficient (Wildman–Crippen LogP) is 2.45. The first-order valence-corrected chi connectivity index (χ1v) is 8.64. The molecule has 0 saturated carbocycles. The van der Waals surface area contributed by atoms with E-state index in [2.05, 4.69) is 11.0 Å². The van der Waals surface area contributed by atoms with E-state index in [0.29, 0.717) is 11.7 Å². The van der Waals surface area contributed by atoms with Crippen LogP contribution in [0, 0.1) is 6.92 Å². The molecule has 0 bridgehead atoms. The first-order valence-electron chi connectivity index (χ1n) is 8.64. The van der Waals surface area contributed by atoms with Crippen LogP contribution in [0.15, 0.2) is 30.5 Å². The molecule has 5 nitrogen and oxygen atoms in total. The molecule has 0 N–H and O–H groups in total. The van der Waals surface area contributed by atoms with Crippen molar-refractivity contribution < 1.29 is 14.3 Å². The van der Waals surface area contributed by atoms with Crippen LogP contribution in [0.1, 0.15) is 28.8 Å². The number of hydrogen-bond acceptors (Lipinski definition) is 4. The normalized spacial score (nSPS) is 21.4. The Morgan fingerprint density at radius 1 is 1.29 bits per heavy atom. The Morgan fingerprint density at radius 2 is 2.08 bits per heavy atom. The van der Waals surface area contributed by atoms with Crippen molar-refractivity contribution in [3.05, 3.63) is 41.7 Å². The fourth-order valence-electron chi connectivity index (χ4n) is 3.28. The Bertz CT molecular complexity index is 607. The highest BCUT2D eigenvalue weighted by molar-refractivity contribution is 5.94. The molecule has 1 fully saturated rings. The average Bonchev–Trinajstić information content (AvgIpc) is 2.63. The zero-order chi connectivity index (χ0) is 16.9. The quantitative estimate of drug-likeness (QED) is 0.850. The van der Waals surface area contributed by atoms with E-state index in [1.807, 2.05) is 36.3 Å². The van der Waals surface area contributed by atoms with Crippen molar-refractivity contribution in [3.8, 4) is 5.75 Å². The number of hydrogen-bond donors (Lipinski definition) is 0. The van der Waals surface area contributed by atoms with Crippen LogP contribution in [-0.4, -0.2) is 61.6 Å². The molecule has 2 heterocycles. The average molecular weight is 330 g/mol. The highest BCUT2D eigenvalue weighted by Gasteiger charge is 2.24. The van der Waals surface area contributed by atoms with Crippen LogP contribution in [0.25, 0.3) is 0 Å². The van der Waals surface area contributed by atoms with E-state index >= 15 is 0 Å². The van der Waals surface area contributed by atoms with E-state index in [1.54, 1.807) is 7.11 Å². The summed E-state index contributed by atoms with van der Waals surface area (Å²) in [7, 11) is 1.64. The van der Waals surface area contributed by atoms with Crippen molar-refractivity contribution in [1.82, 2.24) is 9.80 Å². The number of rotatable bonds is 4. The molecule has 1 aromatic rings. The Kier molecular flexibility index (Phi) is 5.41. The number of carbonyl (C=O) groups excluding carboxylic acids is 1. The Hall–Kier alpha value is -2.01. The Labute approximate surface area is 143 Å². The highest BCUT2D eigenvalue weighted by Crippen LogP contribution is 2.21. The first kappa shape index (κ1) is 16.8. The second-order valence-corrected chi connectivity index (χ2v) is 6.48. The van der Waals surface area contributed by atoms with E-state index in [0.717, 1.165) is 56.9 Å². The minimum absolute atomic E-state index is 0.0878. The molecule has 3 rings (SSSR count). The molecule has 0 aliphatic carbocycles. The van der Waals surface area contributed by atoms with Crippen LogP contribution < -0.4 is 4.74 Å². The van der Waals surface area contributed by atoms with Crippen molar-refractivity contribution in [3.63, 3.8) is 0 Å². The summed E-state index contributed by atoms with van der Waals surface area (Å²) in [6, 6.07) is 5.66. The van der Waals surface area contributed by atoms with Gasteiger partial charge in [0, 0.05) is 38.3 Å². The SMILES string of the molecule is COc1cc(C(=O)N2CCN(CC3CCC=CO3)CC2)ccc1C. The lowest BCUT2D eigenvalue weighted by molar-refractivity contribution is 0.0444. The van der Waals surface area contributed by atoms with Crippen molar-refractivity contribution in [1.29, 1.82) is 0 Å². The van der Waals surface area contributed by atoms with Crippen molar-refractivity contribution >= 4 is 5.91 Å². The van der Waals surface area contributed by atoms with Crippen LogP contribution in [0.2, 0.25) is 0 Å². The maximum atomic E-state index is 12.7. The van der Waals surface area contributed by atoms with E-state index < -0.39 is 0 Å². The van der Waals surface area contributed by atoms with Gasteiger partial charge in [0.25, 0.3) is 5.91 Å². The summed E-state index contributed by atoms with van der Waals surface area (Å²) in [5, 5.41) is 0. The molecule has 1 amide bonds. The maximum absolute atomic E-state index is 12.7. The zero-order valence-electron chi connectivity index (χ0n) is 14.5. The van der Waals surface area contributed by atoms with Gasteiger partial charge in [-0.2, -0.15) is 0 Å². The van der Waals surface area contributed by atoms with Gasteiger partial charge in [-0.1, -0.05) is 6.07 Å². The van der Waals surface area contributed by atoms with Crippen molar-refractivity contribution in [2.45, 2.75) is 25.9 Å². The summed E-state index contributed by atoms with van der Waals surface area (Å²) in [4.78, 5) is 17.0. The summed E-state index contributed by atoms with van der Waals surface area (Å²) in [5.74, 6) is 0.854. The van der Waals surface area contributed by atoms with Gasteiger partial charge in [-0.15, -0.1) is 0 Å². The fourth-order valence-corrected chi connectivity index (χ4v) is 3.28. The van der Waals surface area contributed by atoms with Gasteiger partial charge in [-0.05, 0) is 43.5 Å². The second-order valence-electron chi connectivity index (χ2n) is 6.48. The second kappa shape index (κ2) is 7.71. The van der Waals surface area contributed by atoms with Crippen LogP contribution in [0.3, 0.4) is 0 Å². The number of benzene rings is 1. The smallest absolute Gasteiger partial charge is 0.254 e. The van der Waals surface area contributed by atoms with Gasteiger partial charge in [-0.25, -0.2) is 0 Å². The summed E-state index contributed by atoms with van der Waals surface area (Å²) in [6.45, 7) is 6.25. The van der Waals surface area contributed by atoms with Gasteiger partial charge in [0.15, 0.2) is 0 Å². The third-order valence-corrected chi connectivity index (χ3v) is 4.80. The van der Waals surface area contributed by atoms with Crippen LogP contribution in [-0.2, 0) is 4.74 Å². The molecule has 24 heavy (non-hydrogen) atoms. The molecular formula is C19H26N2O3.